The number of hydrogen-bond donors (Lipinski definition) is 0. The normalized spacial score (nSPS) is 31.2. The van der Waals surface area contributed by atoms with E-state index in [9.17, 15) is 17.6 Å². The second-order valence-electron chi connectivity index (χ2n) is 16.5. The maximum atomic E-state index is 16.2. The lowest BCUT2D eigenvalue weighted by Crippen LogP contribution is -2.65. The fourth-order valence-corrected chi connectivity index (χ4v) is 13.1. The molecule has 0 N–H and O–H groups in total. The van der Waals surface area contributed by atoms with Crippen molar-refractivity contribution < 1.29 is 26.7 Å². The molecule has 3 heterocycles. The van der Waals surface area contributed by atoms with Gasteiger partial charge < -0.3 is 14.5 Å². The molecule has 0 amide bonds. The van der Waals surface area contributed by atoms with Gasteiger partial charge in [-0.1, -0.05) is 18.6 Å². The number of rotatable bonds is 12. The Labute approximate surface area is 290 Å². The molecule has 0 spiro atoms. The van der Waals surface area contributed by atoms with Crippen LogP contribution >= 0.6 is 0 Å². The summed E-state index contributed by atoms with van der Waals surface area (Å²) in [4.78, 5) is 19.7. The Bertz CT molecular complexity index is 1640. The molecular formula is C39H51F2N3O4S. The number of piperidine rings is 1. The van der Waals surface area contributed by atoms with E-state index >= 15 is 4.39 Å². The molecule has 7 fully saturated rings. The van der Waals surface area contributed by atoms with Crippen LogP contribution in [0.1, 0.15) is 69.8 Å². The van der Waals surface area contributed by atoms with Gasteiger partial charge in [0.1, 0.15) is 5.82 Å². The van der Waals surface area contributed by atoms with Gasteiger partial charge in [0.2, 0.25) is 0 Å². The third kappa shape index (κ3) is 5.81. The number of anilines is 1. The molecule has 266 valence electrons. The van der Waals surface area contributed by atoms with Gasteiger partial charge in [0.15, 0.2) is 15.5 Å². The van der Waals surface area contributed by atoms with Gasteiger partial charge in [-0.05, 0) is 143 Å². The van der Waals surface area contributed by atoms with Crippen LogP contribution in [-0.2, 0) is 24.8 Å². The molecule has 10 heteroatoms. The minimum Gasteiger partial charge on any atom is -0.469 e. The second kappa shape index (κ2) is 12.6. The number of benzene rings is 2. The van der Waals surface area contributed by atoms with Crippen molar-refractivity contribution in [2.24, 2.45) is 23.7 Å². The molecule has 7 aliphatic rings. The van der Waals surface area contributed by atoms with Crippen molar-refractivity contribution in [2.45, 2.75) is 84.9 Å². The van der Waals surface area contributed by atoms with Crippen LogP contribution < -0.4 is 4.90 Å². The van der Waals surface area contributed by atoms with E-state index in [0.29, 0.717) is 42.8 Å². The molecule has 7 nitrogen and oxygen atoms in total. The van der Waals surface area contributed by atoms with Gasteiger partial charge in [0, 0.05) is 30.6 Å². The first-order valence-electron chi connectivity index (χ1n) is 18.6. The average molecular weight is 696 g/mol. The Hall–Kier alpha value is -2.56. The molecule has 2 bridgehead atoms. The number of esters is 1. The highest BCUT2D eigenvalue weighted by molar-refractivity contribution is 7.93. The number of carbonyl (C=O) groups is 1. The molecule has 2 aromatic rings. The zero-order valence-corrected chi connectivity index (χ0v) is 29.6. The summed E-state index contributed by atoms with van der Waals surface area (Å²) in [5, 5.41) is 0. The van der Waals surface area contributed by atoms with Crippen molar-refractivity contribution in [2.75, 3.05) is 64.4 Å². The number of alkyl halides is 1. The topological polar surface area (TPSA) is 70.2 Å². The fraction of sp³-hybridized carbons (Fsp3) is 0.667. The van der Waals surface area contributed by atoms with Crippen molar-refractivity contribution in [1.82, 2.24) is 9.80 Å². The van der Waals surface area contributed by atoms with Crippen LogP contribution in [0.25, 0.3) is 0 Å². The standard InChI is InChI=1S/C39H51F2N3O4S/c1-48-36(45)19-29-5-2-8-35(29)39(27-42-15-4-16-42,31-6-3-7-32(40)20-31)30-13-17-43(18-14-30)24-37(41)25-44(26-37)33-9-11-34(12-10-33)49(46,47)38-21-28(22-38)23-38/h3,6-7,9-12,20,28-30,35H,2,4-5,8,13-19,21-27H2,1H3/t28?,29-,35+,38?,39+/m1/s1. The van der Waals surface area contributed by atoms with Gasteiger partial charge in [-0.3, -0.25) is 9.69 Å². The van der Waals surface area contributed by atoms with Crippen LogP contribution in [-0.4, -0.2) is 94.1 Å². The van der Waals surface area contributed by atoms with Crippen LogP contribution in [0.5, 0.6) is 0 Å². The Kier molecular flexibility index (Phi) is 8.62. The zero-order chi connectivity index (χ0) is 34.0. The van der Waals surface area contributed by atoms with E-state index in [1.165, 1.54) is 19.6 Å². The minimum atomic E-state index is -3.31. The number of halogens is 2. The molecule has 3 aliphatic heterocycles. The van der Waals surface area contributed by atoms with Gasteiger partial charge in [-0.25, -0.2) is 17.2 Å². The van der Waals surface area contributed by atoms with Crippen LogP contribution in [0.15, 0.2) is 53.4 Å². The van der Waals surface area contributed by atoms with E-state index in [-0.39, 0.29) is 29.0 Å². The quantitative estimate of drug-likeness (QED) is 0.252. The highest BCUT2D eigenvalue weighted by Crippen LogP contribution is 2.63. The molecule has 0 unspecified atom stereocenters. The molecule has 4 saturated carbocycles. The Morgan fingerprint density at radius 2 is 1.65 bits per heavy atom. The number of likely N-dealkylation sites (tertiary alicyclic amines) is 2. The first kappa shape index (κ1) is 33.6. The van der Waals surface area contributed by atoms with Crippen molar-refractivity contribution in [3.63, 3.8) is 0 Å². The van der Waals surface area contributed by atoms with E-state index < -0.39 is 20.3 Å². The summed E-state index contributed by atoms with van der Waals surface area (Å²) in [6, 6.07) is 14.3. The molecule has 2 aromatic carbocycles. The van der Waals surface area contributed by atoms with Gasteiger partial charge in [-0.2, -0.15) is 0 Å². The summed E-state index contributed by atoms with van der Waals surface area (Å²) in [6.07, 6.45) is 8.84. The van der Waals surface area contributed by atoms with Gasteiger partial charge in [0.05, 0.1) is 29.8 Å². The highest BCUT2D eigenvalue weighted by Gasteiger charge is 2.65. The predicted octanol–water partition coefficient (Wildman–Crippen LogP) is 6.02. The Morgan fingerprint density at radius 1 is 0.939 bits per heavy atom. The molecule has 3 atom stereocenters. The van der Waals surface area contributed by atoms with Crippen molar-refractivity contribution in [3.05, 3.63) is 59.9 Å². The molecule has 49 heavy (non-hydrogen) atoms. The van der Waals surface area contributed by atoms with E-state index in [1.807, 2.05) is 23.1 Å². The molecule has 4 aliphatic carbocycles. The lowest BCUT2D eigenvalue weighted by atomic mass is 9.55. The van der Waals surface area contributed by atoms with E-state index in [0.717, 1.165) is 95.3 Å². The Morgan fingerprint density at radius 3 is 2.24 bits per heavy atom. The lowest BCUT2D eigenvalue weighted by molar-refractivity contribution is -0.142. The molecule has 3 saturated heterocycles. The van der Waals surface area contributed by atoms with Gasteiger partial charge in [-0.15, -0.1) is 0 Å². The summed E-state index contributed by atoms with van der Waals surface area (Å²) in [5.41, 5.74) is 0.312. The molecule has 9 rings (SSSR count). The lowest BCUT2D eigenvalue weighted by Gasteiger charge is -2.60. The third-order valence-corrected chi connectivity index (χ3v) is 16.1. The first-order chi connectivity index (χ1) is 23.5. The van der Waals surface area contributed by atoms with Crippen molar-refractivity contribution in [1.29, 1.82) is 0 Å². The number of hydrogen-bond acceptors (Lipinski definition) is 7. The SMILES string of the molecule is COC(=O)C[C@H]1CCC[C@@H]1[C@](CN1CCC1)(c1cccc(F)c1)C1CCN(CC2(F)CN(c3ccc(S(=O)(=O)C45CC(C4)C5)cc3)C2)CC1. The van der Waals surface area contributed by atoms with E-state index in [1.54, 1.807) is 18.2 Å². The summed E-state index contributed by atoms with van der Waals surface area (Å²) >= 11 is 0. The first-order valence-corrected chi connectivity index (χ1v) is 20.1. The average Bonchev–Trinajstić information content (AvgIpc) is 3.46. The summed E-state index contributed by atoms with van der Waals surface area (Å²) in [5.74, 6) is 0.949. The minimum absolute atomic E-state index is 0.169. The van der Waals surface area contributed by atoms with Crippen LogP contribution in [0, 0.1) is 29.5 Å². The smallest absolute Gasteiger partial charge is 0.305 e. The maximum Gasteiger partial charge on any atom is 0.305 e. The predicted molar refractivity (Wildman–Crippen MR) is 186 cm³/mol. The largest absolute Gasteiger partial charge is 0.469 e. The number of methoxy groups -OCH3 is 1. The molecule has 0 radical (unpaired) electrons. The van der Waals surface area contributed by atoms with Gasteiger partial charge in [0.25, 0.3) is 0 Å². The second-order valence-corrected chi connectivity index (χ2v) is 18.8. The summed E-state index contributed by atoms with van der Waals surface area (Å²) in [6.45, 7) is 5.50. The van der Waals surface area contributed by atoms with Crippen molar-refractivity contribution >= 4 is 21.5 Å². The van der Waals surface area contributed by atoms with Crippen LogP contribution in [0.3, 0.4) is 0 Å². The summed E-state index contributed by atoms with van der Waals surface area (Å²) in [7, 11) is -1.85. The summed E-state index contributed by atoms with van der Waals surface area (Å²) < 4.78 is 62.0. The van der Waals surface area contributed by atoms with E-state index in [2.05, 4.69) is 15.9 Å². The fourth-order valence-electron chi connectivity index (χ4n) is 10.8. The molecular weight excluding hydrogens is 645 g/mol. The third-order valence-electron chi connectivity index (χ3n) is 13.6. The Balaban J connectivity index is 0.948. The van der Waals surface area contributed by atoms with E-state index in [4.69, 9.17) is 4.74 Å². The zero-order valence-electron chi connectivity index (χ0n) is 28.8. The highest BCUT2D eigenvalue weighted by atomic mass is 32.2. The van der Waals surface area contributed by atoms with Gasteiger partial charge >= 0.3 is 5.97 Å². The number of ether oxygens (including phenoxy) is 1. The number of carbonyl (C=O) groups excluding carboxylic acids is 1. The number of nitrogens with zero attached hydrogens (tertiary/aromatic N) is 3. The maximum absolute atomic E-state index is 16.2. The van der Waals surface area contributed by atoms with Crippen molar-refractivity contribution in [3.8, 4) is 0 Å². The monoisotopic (exact) mass is 695 g/mol. The molecule has 0 aromatic heterocycles. The van der Waals surface area contributed by atoms with Crippen LogP contribution in [0.2, 0.25) is 0 Å². The number of sulfone groups is 1. The van der Waals surface area contributed by atoms with Crippen LogP contribution in [0.4, 0.5) is 14.5 Å².